The predicted octanol–water partition coefficient (Wildman–Crippen LogP) is 2.62. The van der Waals surface area contributed by atoms with Crippen LogP contribution in [0.5, 0.6) is 11.5 Å². The summed E-state index contributed by atoms with van der Waals surface area (Å²) < 4.78 is 25.4. The Balaban J connectivity index is 1.95. The van der Waals surface area contributed by atoms with Crippen LogP contribution in [0, 0.1) is 5.82 Å². The number of halogens is 1. The van der Waals surface area contributed by atoms with Crippen LogP contribution in [0.1, 0.15) is 43.0 Å². The lowest BCUT2D eigenvalue weighted by atomic mass is 9.87. The van der Waals surface area contributed by atoms with E-state index in [1.807, 2.05) is 38.1 Å². The number of amides is 2. The van der Waals surface area contributed by atoms with Crippen molar-refractivity contribution in [3.8, 4) is 11.5 Å². The zero-order valence-corrected chi connectivity index (χ0v) is 18.8. The summed E-state index contributed by atoms with van der Waals surface area (Å²) in [7, 11) is 3.24. The van der Waals surface area contributed by atoms with Gasteiger partial charge in [-0.25, -0.2) is 9.18 Å². The van der Waals surface area contributed by atoms with Gasteiger partial charge in [0.15, 0.2) is 11.5 Å². The van der Waals surface area contributed by atoms with Crippen molar-refractivity contribution in [2.45, 2.75) is 45.3 Å². The Labute approximate surface area is 183 Å². The molecule has 7 heteroatoms. The number of urea groups is 1. The SMILES string of the molecule is CCCNC(=O)N[C@H](C)[C@H]1c2cc(OC)c(OC)cc2CC[NH+]1Cc1ccccc1F. The van der Waals surface area contributed by atoms with Crippen molar-refractivity contribution in [2.75, 3.05) is 27.3 Å². The quantitative estimate of drug-likeness (QED) is 0.603. The average molecular weight is 431 g/mol. The number of quaternary nitrogens is 1. The first-order valence-electron chi connectivity index (χ1n) is 10.9. The molecular formula is C24H33FN3O3+. The van der Waals surface area contributed by atoms with E-state index in [9.17, 15) is 9.18 Å². The van der Waals surface area contributed by atoms with Gasteiger partial charge in [-0.15, -0.1) is 0 Å². The Hall–Kier alpha value is -2.80. The van der Waals surface area contributed by atoms with E-state index < -0.39 is 0 Å². The third kappa shape index (κ3) is 5.28. The van der Waals surface area contributed by atoms with E-state index in [2.05, 4.69) is 10.6 Å². The fourth-order valence-electron chi connectivity index (χ4n) is 4.40. The second-order valence-electron chi connectivity index (χ2n) is 8.00. The molecule has 1 heterocycles. The van der Waals surface area contributed by atoms with E-state index in [-0.39, 0.29) is 23.9 Å². The highest BCUT2D eigenvalue weighted by atomic mass is 19.1. The van der Waals surface area contributed by atoms with Crippen LogP contribution in [0.25, 0.3) is 0 Å². The van der Waals surface area contributed by atoms with E-state index in [0.29, 0.717) is 30.2 Å². The minimum atomic E-state index is -0.201. The van der Waals surface area contributed by atoms with Crippen molar-refractivity contribution in [2.24, 2.45) is 0 Å². The van der Waals surface area contributed by atoms with Crippen LogP contribution in [0.15, 0.2) is 36.4 Å². The van der Waals surface area contributed by atoms with Gasteiger partial charge >= 0.3 is 6.03 Å². The smallest absolute Gasteiger partial charge is 0.315 e. The van der Waals surface area contributed by atoms with Crippen LogP contribution in [-0.2, 0) is 13.0 Å². The van der Waals surface area contributed by atoms with Crippen LogP contribution >= 0.6 is 0 Å². The Kier molecular flexibility index (Phi) is 7.74. The zero-order valence-electron chi connectivity index (χ0n) is 18.8. The van der Waals surface area contributed by atoms with Gasteiger partial charge in [-0.3, -0.25) is 0 Å². The van der Waals surface area contributed by atoms with E-state index in [4.69, 9.17) is 9.47 Å². The minimum absolute atomic E-state index is 0.0597. The number of hydrogen-bond acceptors (Lipinski definition) is 3. The van der Waals surface area contributed by atoms with Crippen molar-refractivity contribution in [1.29, 1.82) is 0 Å². The summed E-state index contributed by atoms with van der Waals surface area (Å²) in [6, 6.07) is 10.5. The zero-order chi connectivity index (χ0) is 22.4. The summed E-state index contributed by atoms with van der Waals surface area (Å²) in [5.41, 5.74) is 2.94. The number of nitrogens with one attached hydrogen (secondary N) is 3. The summed E-state index contributed by atoms with van der Waals surface area (Å²) in [6.45, 7) is 6.00. The standard InChI is InChI=1S/C24H32FN3O3/c1-5-11-26-24(29)27-16(2)23-19-14-22(31-4)21(30-3)13-17(19)10-12-28(23)15-18-8-6-7-9-20(18)25/h6-9,13-14,16,23H,5,10-12,15H2,1-4H3,(H2,26,27,29)/p+1/t16-,23+/m1/s1. The minimum Gasteiger partial charge on any atom is -0.493 e. The Morgan fingerprint density at radius 1 is 1.23 bits per heavy atom. The van der Waals surface area contributed by atoms with Gasteiger partial charge < -0.3 is 25.0 Å². The van der Waals surface area contributed by atoms with E-state index in [1.165, 1.54) is 16.5 Å². The number of benzene rings is 2. The molecule has 3 rings (SSSR count). The molecule has 0 saturated carbocycles. The molecule has 0 saturated heterocycles. The molecule has 2 aromatic rings. The summed E-state index contributed by atoms with van der Waals surface area (Å²) in [6.07, 6.45) is 1.71. The number of carbonyl (C=O) groups is 1. The molecule has 1 unspecified atom stereocenters. The van der Waals surface area contributed by atoms with Gasteiger partial charge in [0.2, 0.25) is 0 Å². The maximum atomic E-state index is 14.4. The first-order chi connectivity index (χ1) is 15.0. The predicted molar refractivity (Wildman–Crippen MR) is 118 cm³/mol. The molecule has 0 radical (unpaired) electrons. The van der Waals surface area contributed by atoms with Gasteiger partial charge in [0, 0.05) is 24.1 Å². The Morgan fingerprint density at radius 2 is 1.94 bits per heavy atom. The average Bonchev–Trinajstić information content (AvgIpc) is 2.77. The topological polar surface area (TPSA) is 64.0 Å². The Bertz CT molecular complexity index is 906. The molecule has 0 bridgehead atoms. The number of carbonyl (C=O) groups excluding carboxylic acids is 1. The first-order valence-corrected chi connectivity index (χ1v) is 10.9. The normalized spacial score (nSPS) is 18.6. The second kappa shape index (κ2) is 10.5. The number of fused-ring (bicyclic) bond motifs is 1. The van der Waals surface area contributed by atoms with Gasteiger partial charge in [0.25, 0.3) is 0 Å². The molecule has 2 amide bonds. The number of hydrogen-bond donors (Lipinski definition) is 3. The molecule has 0 aromatic heterocycles. The summed E-state index contributed by atoms with van der Waals surface area (Å²) in [5, 5.41) is 5.96. The van der Waals surface area contributed by atoms with Gasteiger partial charge in [0.1, 0.15) is 18.4 Å². The fraction of sp³-hybridized carbons (Fsp3) is 0.458. The van der Waals surface area contributed by atoms with Crippen molar-refractivity contribution < 1.29 is 23.6 Å². The molecule has 168 valence electrons. The first kappa shape index (κ1) is 22.9. The molecule has 3 N–H and O–H groups in total. The lowest BCUT2D eigenvalue weighted by Gasteiger charge is -2.38. The fourth-order valence-corrected chi connectivity index (χ4v) is 4.40. The van der Waals surface area contributed by atoms with Gasteiger partial charge in [0.05, 0.1) is 26.8 Å². The molecule has 0 fully saturated rings. The van der Waals surface area contributed by atoms with E-state index >= 15 is 0 Å². The monoisotopic (exact) mass is 430 g/mol. The maximum Gasteiger partial charge on any atom is 0.315 e. The highest BCUT2D eigenvalue weighted by molar-refractivity contribution is 5.74. The maximum absolute atomic E-state index is 14.4. The molecule has 0 aliphatic carbocycles. The third-order valence-electron chi connectivity index (χ3n) is 5.91. The molecule has 31 heavy (non-hydrogen) atoms. The number of ether oxygens (including phenoxy) is 2. The molecular weight excluding hydrogens is 397 g/mol. The van der Waals surface area contributed by atoms with E-state index in [1.54, 1.807) is 20.3 Å². The van der Waals surface area contributed by atoms with Crippen LogP contribution in [0.2, 0.25) is 0 Å². The highest BCUT2D eigenvalue weighted by Gasteiger charge is 2.37. The second-order valence-corrected chi connectivity index (χ2v) is 8.00. The molecule has 0 spiro atoms. The van der Waals surface area contributed by atoms with Gasteiger partial charge in [-0.1, -0.05) is 25.1 Å². The lowest BCUT2D eigenvalue weighted by molar-refractivity contribution is -0.948. The molecule has 3 atom stereocenters. The van der Waals surface area contributed by atoms with Gasteiger partial charge in [-0.05, 0) is 37.1 Å². The summed E-state index contributed by atoms with van der Waals surface area (Å²) >= 11 is 0. The van der Waals surface area contributed by atoms with E-state index in [0.717, 1.165) is 24.9 Å². The summed E-state index contributed by atoms with van der Waals surface area (Å²) in [4.78, 5) is 13.6. The number of rotatable bonds is 8. The third-order valence-corrected chi connectivity index (χ3v) is 5.91. The molecule has 1 aliphatic rings. The van der Waals surface area contributed by atoms with Crippen molar-refractivity contribution >= 4 is 6.03 Å². The van der Waals surface area contributed by atoms with Crippen LogP contribution in [0.3, 0.4) is 0 Å². The summed E-state index contributed by atoms with van der Waals surface area (Å²) in [5.74, 6) is 1.15. The van der Waals surface area contributed by atoms with Gasteiger partial charge in [-0.2, -0.15) is 0 Å². The highest BCUT2D eigenvalue weighted by Crippen LogP contribution is 2.35. The van der Waals surface area contributed by atoms with Crippen molar-refractivity contribution in [3.63, 3.8) is 0 Å². The molecule has 6 nitrogen and oxygen atoms in total. The largest absolute Gasteiger partial charge is 0.493 e. The van der Waals surface area contributed by atoms with Crippen molar-refractivity contribution in [3.05, 3.63) is 58.9 Å². The van der Waals surface area contributed by atoms with Crippen LogP contribution in [-0.4, -0.2) is 39.4 Å². The molecule has 1 aliphatic heterocycles. The number of methoxy groups -OCH3 is 2. The van der Waals surface area contributed by atoms with Crippen LogP contribution in [0.4, 0.5) is 9.18 Å². The Morgan fingerprint density at radius 3 is 2.61 bits per heavy atom. The van der Waals surface area contributed by atoms with Crippen LogP contribution < -0.4 is 25.0 Å². The lowest BCUT2D eigenvalue weighted by Crippen LogP contribution is -3.13. The van der Waals surface area contributed by atoms with Crippen molar-refractivity contribution in [1.82, 2.24) is 10.6 Å². The molecule has 2 aromatic carbocycles.